The van der Waals surface area contributed by atoms with Gasteiger partial charge in [-0.05, 0) is 45.0 Å². The molecule has 0 bridgehead atoms. The van der Waals surface area contributed by atoms with E-state index >= 15 is 0 Å². The van der Waals surface area contributed by atoms with Gasteiger partial charge in [0.1, 0.15) is 11.5 Å². The van der Waals surface area contributed by atoms with Crippen LogP contribution in [0.15, 0.2) is 47.6 Å². The molecule has 0 saturated carbocycles. The number of non-ortho nitro benzene ring substituents is 1. The molecule has 2 aromatic rings. The summed E-state index contributed by atoms with van der Waals surface area (Å²) in [4.78, 5) is 22.5. The normalized spacial score (nSPS) is 11.0. The second kappa shape index (κ2) is 9.33. The summed E-state index contributed by atoms with van der Waals surface area (Å²) in [7, 11) is 0. The van der Waals surface area contributed by atoms with Gasteiger partial charge in [0.2, 0.25) is 0 Å². The number of benzene rings is 2. The minimum atomic E-state index is -0.557. The third-order valence-corrected chi connectivity index (χ3v) is 3.60. The molecule has 0 spiro atoms. The number of nitro benzene ring substituents is 1. The van der Waals surface area contributed by atoms with Gasteiger partial charge in [-0.2, -0.15) is 5.10 Å². The van der Waals surface area contributed by atoms with Gasteiger partial charge in [-0.25, -0.2) is 5.43 Å². The maximum atomic E-state index is 12.2. The van der Waals surface area contributed by atoms with Gasteiger partial charge in [-0.15, -0.1) is 0 Å². The molecule has 8 heteroatoms. The van der Waals surface area contributed by atoms with Crippen LogP contribution in [0.3, 0.4) is 0 Å². The minimum absolute atomic E-state index is 0.147. The third-order valence-electron chi connectivity index (χ3n) is 3.60. The predicted octanol–water partition coefficient (Wildman–Crippen LogP) is 3.55. The van der Waals surface area contributed by atoms with Crippen LogP contribution in [0, 0.1) is 10.1 Å². The molecule has 0 unspecified atom stereocenters. The number of carbonyl (C=O) groups is 1. The number of nitrogens with one attached hydrogen (secondary N) is 1. The molecule has 1 amide bonds. The smallest absolute Gasteiger partial charge is 0.271 e. The van der Waals surface area contributed by atoms with E-state index in [0.29, 0.717) is 36.0 Å². The molecule has 142 valence electrons. The Kier molecular flexibility index (Phi) is 6.87. The van der Waals surface area contributed by atoms with E-state index in [4.69, 9.17) is 9.47 Å². The Balaban J connectivity index is 2.23. The third kappa shape index (κ3) is 5.27. The lowest BCUT2D eigenvalue weighted by molar-refractivity contribution is -0.384. The molecular weight excluding hydrogens is 350 g/mol. The molecule has 0 saturated heterocycles. The topological polar surface area (TPSA) is 103 Å². The van der Waals surface area contributed by atoms with Crippen molar-refractivity contribution >= 4 is 17.3 Å². The molecule has 0 aliphatic rings. The van der Waals surface area contributed by atoms with Crippen molar-refractivity contribution in [1.29, 1.82) is 0 Å². The van der Waals surface area contributed by atoms with Gasteiger partial charge in [0.15, 0.2) is 0 Å². The van der Waals surface area contributed by atoms with Gasteiger partial charge in [0.25, 0.3) is 11.6 Å². The molecular formula is C19H21N3O5. The summed E-state index contributed by atoms with van der Waals surface area (Å²) in [5.74, 6) is 0.735. The largest absolute Gasteiger partial charge is 0.494 e. The van der Waals surface area contributed by atoms with Crippen LogP contribution in [0.5, 0.6) is 11.5 Å². The fourth-order valence-electron chi connectivity index (χ4n) is 2.35. The van der Waals surface area contributed by atoms with E-state index in [1.54, 1.807) is 25.1 Å². The van der Waals surface area contributed by atoms with Crippen molar-refractivity contribution < 1.29 is 19.2 Å². The second-order valence-corrected chi connectivity index (χ2v) is 5.47. The van der Waals surface area contributed by atoms with E-state index in [-0.39, 0.29) is 11.3 Å². The van der Waals surface area contributed by atoms with Crippen molar-refractivity contribution in [2.24, 2.45) is 5.10 Å². The van der Waals surface area contributed by atoms with Crippen LogP contribution in [0.4, 0.5) is 5.69 Å². The fourth-order valence-corrected chi connectivity index (χ4v) is 2.35. The standard InChI is InChI=1S/C19H21N3O5/c1-4-26-16-9-10-18(27-5-2)17(12-16)13(3)20-21-19(23)14-7-6-8-15(11-14)22(24)25/h6-12H,4-5H2,1-3H3,(H,21,23)/b20-13-. The van der Waals surface area contributed by atoms with Gasteiger partial charge in [-0.1, -0.05) is 6.07 Å². The summed E-state index contributed by atoms with van der Waals surface area (Å²) in [6, 6.07) is 10.8. The van der Waals surface area contributed by atoms with Gasteiger partial charge >= 0.3 is 0 Å². The Morgan fingerprint density at radius 2 is 1.89 bits per heavy atom. The SMILES string of the molecule is CCOc1ccc(OCC)c(/C(C)=N\NC(=O)c2cccc([N+](=O)[O-])c2)c1. The fraction of sp³-hybridized carbons (Fsp3) is 0.263. The second-order valence-electron chi connectivity index (χ2n) is 5.47. The number of ether oxygens (including phenoxy) is 2. The lowest BCUT2D eigenvalue weighted by Gasteiger charge is -2.12. The van der Waals surface area contributed by atoms with Crippen LogP contribution >= 0.6 is 0 Å². The molecule has 0 aromatic heterocycles. The van der Waals surface area contributed by atoms with Crippen molar-refractivity contribution in [3.8, 4) is 11.5 Å². The molecule has 0 radical (unpaired) electrons. The van der Waals surface area contributed by atoms with Gasteiger partial charge in [-0.3, -0.25) is 14.9 Å². The number of hydrogen-bond acceptors (Lipinski definition) is 6. The highest BCUT2D eigenvalue weighted by Gasteiger charge is 2.13. The van der Waals surface area contributed by atoms with E-state index < -0.39 is 10.8 Å². The Hall–Kier alpha value is -3.42. The molecule has 0 fully saturated rings. The van der Waals surface area contributed by atoms with Crippen LogP contribution in [-0.4, -0.2) is 29.8 Å². The first-order valence-corrected chi connectivity index (χ1v) is 8.45. The van der Waals surface area contributed by atoms with Crippen LogP contribution in [0.1, 0.15) is 36.7 Å². The van der Waals surface area contributed by atoms with E-state index in [0.717, 1.165) is 0 Å². The molecule has 0 aliphatic carbocycles. The van der Waals surface area contributed by atoms with Crippen molar-refractivity contribution in [3.05, 3.63) is 63.7 Å². The van der Waals surface area contributed by atoms with E-state index in [1.807, 2.05) is 13.8 Å². The summed E-state index contributed by atoms with van der Waals surface area (Å²) in [5, 5.41) is 14.9. The van der Waals surface area contributed by atoms with E-state index in [9.17, 15) is 14.9 Å². The van der Waals surface area contributed by atoms with Crippen LogP contribution in [0.2, 0.25) is 0 Å². The number of nitrogens with zero attached hydrogens (tertiary/aromatic N) is 2. The zero-order chi connectivity index (χ0) is 19.8. The maximum absolute atomic E-state index is 12.2. The first-order chi connectivity index (χ1) is 13.0. The van der Waals surface area contributed by atoms with Crippen LogP contribution < -0.4 is 14.9 Å². The molecule has 2 aromatic carbocycles. The summed E-state index contributed by atoms with van der Waals surface area (Å²) >= 11 is 0. The molecule has 0 atom stereocenters. The molecule has 1 N–H and O–H groups in total. The highest BCUT2D eigenvalue weighted by atomic mass is 16.6. The number of rotatable bonds is 8. The first-order valence-electron chi connectivity index (χ1n) is 8.45. The first kappa shape index (κ1) is 19.9. The predicted molar refractivity (Wildman–Crippen MR) is 102 cm³/mol. The average molecular weight is 371 g/mol. The van der Waals surface area contributed by atoms with Gasteiger partial charge in [0, 0.05) is 23.3 Å². The lowest BCUT2D eigenvalue weighted by Crippen LogP contribution is -2.19. The summed E-state index contributed by atoms with van der Waals surface area (Å²) < 4.78 is 11.1. The lowest BCUT2D eigenvalue weighted by atomic mass is 10.1. The maximum Gasteiger partial charge on any atom is 0.271 e. The molecule has 8 nitrogen and oxygen atoms in total. The monoisotopic (exact) mass is 371 g/mol. The Bertz CT molecular complexity index is 864. The van der Waals surface area contributed by atoms with Crippen LogP contribution in [-0.2, 0) is 0 Å². The summed E-state index contributed by atoms with van der Waals surface area (Å²) in [5.41, 5.74) is 3.60. The van der Waals surface area contributed by atoms with Gasteiger partial charge in [0.05, 0.1) is 23.8 Å². The van der Waals surface area contributed by atoms with Crippen molar-refractivity contribution in [3.63, 3.8) is 0 Å². The summed E-state index contributed by atoms with van der Waals surface area (Å²) in [6.45, 7) is 6.48. The van der Waals surface area contributed by atoms with E-state index in [1.165, 1.54) is 24.3 Å². The number of carbonyl (C=O) groups excluding carboxylic acids is 1. The zero-order valence-corrected chi connectivity index (χ0v) is 15.4. The minimum Gasteiger partial charge on any atom is -0.494 e. The Morgan fingerprint density at radius 3 is 2.56 bits per heavy atom. The van der Waals surface area contributed by atoms with Crippen molar-refractivity contribution in [2.75, 3.05) is 13.2 Å². The average Bonchev–Trinajstić information content (AvgIpc) is 2.67. The number of nitro groups is 1. The highest BCUT2D eigenvalue weighted by molar-refractivity contribution is 6.03. The molecule has 2 rings (SSSR count). The molecule has 0 heterocycles. The number of amides is 1. The Morgan fingerprint density at radius 1 is 1.15 bits per heavy atom. The zero-order valence-electron chi connectivity index (χ0n) is 15.4. The molecule has 0 aliphatic heterocycles. The Labute approximate surface area is 157 Å². The van der Waals surface area contributed by atoms with Gasteiger partial charge < -0.3 is 9.47 Å². The molecule has 27 heavy (non-hydrogen) atoms. The van der Waals surface area contributed by atoms with Crippen LogP contribution in [0.25, 0.3) is 0 Å². The van der Waals surface area contributed by atoms with Crippen molar-refractivity contribution in [2.45, 2.75) is 20.8 Å². The van der Waals surface area contributed by atoms with Crippen molar-refractivity contribution in [1.82, 2.24) is 5.43 Å². The quantitative estimate of drug-likeness (QED) is 0.434. The number of hydrazone groups is 1. The highest BCUT2D eigenvalue weighted by Crippen LogP contribution is 2.25. The number of hydrogen-bond donors (Lipinski definition) is 1. The summed E-state index contributed by atoms with van der Waals surface area (Å²) in [6.07, 6.45) is 0. The van der Waals surface area contributed by atoms with E-state index in [2.05, 4.69) is 10.5 Å².